The number of rotatable bonds is 3. The molecule has 1 amide bonds. The molecule has 2 N–H and O–H groups in total. The second-order valence-electron chi connectivity index (χ2n) is 6.94. The Balaban J connectivity index is 1.63. The van der Waals surface area contributed by atoms with Crippen LogP contribution in [0.25, 0.3) is 11.0 Å². The van der Waals surface area contributed by atoms with Gasteiger partial charge in [-0.25, -0.2) is 15.0 Å². The van der Waals surface area contributed by atoms with Gasteiger partial charge in [-0.2, -0.15) is 0 Å². The summed E-state index contributed by atoms with van der Waals surface area (Å²) in [5, 5.41) is 4.68. The number of nitrogens with zero attached hydrogens (tertiary/aromatic N) is 5. The number of fused-ring (bicyclic) bond motifs is 1. The van der Waals surface area contributed by atoms with Crippen molar-refractivity contribution >= 4 is 22.8 Å². The number of likely N-dealkylation sites (tertiary alicyclic amines) is 1. The molecule has 1 fully saturated rings. The van der Waals surface area contributed by atoms with Crippen molar-refractivity contribution in [2.45, 2.75) is 45.6 Å². The number of aromatic nitrogens is 4. The van der Waals surface area contributed by atoms with Gasteiger partial charge >= 0.3 is 0 Å². The number of amides is 1. The Morgan fingerprint density at radius 1 is 1.30 bits per heavy atom. The van der Waals surface area contributed by atoms with E-state index >= 15 is 0 Å². The first kappa shape index (κ1) is 17.4. The molecule has 0 aromatic carbocycles. The van der Waals surface area contributed by atoms with Gasteiger partial charge < -0.3 is 15.2 Å². The van der Waals surface area contributed by atoms with Gasteiger partial charge in [0.15, 0.2) is 5.65 Å². The number of piperidine rings is 1. The van der Waals surface area contributed by atoms with Gasteiger partial charge in [-0.1, -0.05) is 5.16 Å². The first-order valence-corrected chi connectivity index (χ1v) is 9.13. The molecule has 1 saturated heterocycles. The summed E-state index contributed by atoms with van der Waals surface area (Å²) in [4.78, 5) is 27.9. The lowest BCUT2D eigenvalue weighted by Crippen LogP contribution is -2.39. The average Bonchev–Trinajstić information content (AvgIpc) is 3.00. The highest BCUT2D eigenvalue weighted by Gasteiger charge is 2.30. The van der Waals surface area contributed by atoms with Crippen molar-refractivity contribution < 1.29 is 9.32 Å². The monoisotopic (exact) mass is 366 g/mol. The van der Waals surface area contributed by atoms with Crippen LogP contribution in [-0.2, 0) is 11.2 Å². The van der Waals surface area contributed by atoms with E-state index in [9.17, 15) is 4.79 Å². The van der Waals surface area contributed by atoms with E-state index in [2.05, 4.69) is 20.1 Å². The second-order valence-corrected chi connectivity index (χ2v) is 6.94. The van der Waals surface area contributed by atoms with Crippen LogP contribution < -0.4 is 5.73 Å². The molecule has 4 heterocycles. The molecule has 8 nitrogen and oxygen atoms in total. The van der Waals surface area contributed by atoms with Crippen LogP contribution in [0.2, 0.25) is 0 Å². The molecule has 8 heteroatoms. The molecule has 140 valence electrons. The number of nitrogens with two attached hydrogens (primary N) is 1. The normalized spacial score (nSPS) is 17.4. The summed E-state index contributed by atoms with van der Waals surface area (Å²) < 4.78 is 5.20. The topological polar surface area (TPSA) is 111 Å². The average molecular weight is 366 g/mol. The molecule has 1 aliphatic heterocycles. The maximum absolute atomic E-state index is 13.1. The Morgan fingerprint density at radius 3 is 2.93 bits per heavy atom. The van der Waals surface area contributed by atoms with Gasteiger partial charge in [0.1, 0.15) is 17.9 Å². The Hall–Kier alpha value is -3.03. The van der Waals surface area contributed by atoms with Gasteiger partial charge in [0.05, 0.1) is 29.2 Å². The van der Waals surface area contributed by atoms with Gasteiger partial charge in [-0.3, -0.25) is 4.79 Å². The van der Waals surface area contributed by atoms with Crippen molar-refractivity contribution in [3.63, 3.8) is 0 Å². The van der Waals surface area contributed by atoms with Gasteiger partial charge in [0, 0.05) is 12.1 Å². The van der Waals surface area contributed by atoms with Crippen molar-refractivity contribution in [1.29, 1.82) is 0 Å². The summed E-state index contributed by atoms with van der Waals surface area (Å²) >= 11 is 0. The highest BCUT2D eigenvalue weighted by atomic mass is 16.5. The van der Waals surface area contributed by atoms with Crippen LogP contribution in [0.5, 0.6) is 0 Å². The minimum absolute atomic E-state index is 0.0627. The number of carbonyl (C=O) groups is 1. The van der Waals surface area contributed by atoms with E-state index in [0.29, 0.717) is 23.6 Å². The number of carbonyl (C=O) groups excluding carboxylic acids is 1. The minimum Gasteiger partial charge on any atom is -0.383 e. The molecular formula is C19H22N6O2. The molecule has 3 aromatic heterocycles. The second kappa shape index (κ2) is 6.94. The summed E-state index contributed by atoms with van der Waals surface area (Å²) in [6.45, 7) is 4.42. The lowest BCUT2D eigenvalue weighted by molar-refractivity contribution is -0.134. The van der Waals surface area contributed by atoms with Crippen molar-refractivity contribution in [3.8, 4) is 0 Å². The Labute approximate surface area is 156 Å². The zero-order valence-corrected chi connectivity index (χ0v) is 15.5. The summed E-state index contributed by atoms with van der Waals surface area (Å²) in [5.41, 5.74) is 8.93. The molecule has 4 rings (SSSR count). The Bertz CT molecular complexity index is 980. The van der Waals surface area contributed by atoms with E-state index in [1.54, 1.807) is 0 Å². The van der Waals surface area contributed by atoms with Crippen LogP contribution in [0.15, 0.2) is 23.0 Å². The van der Waals surface area contributed by atoms with Gasteiger partial charge in [-0.05, 0) is 45.2 Å². The maximum atomic E-state index is 13.1. The zero-order valence-electron chi connectivity index (χ0n) is 15.5. The lowest BCUT2D eigenvalue weighted by atomic mass is 9.97. The first-order valence-electron chi connectivity index (χ1n) is 9.13. The van der Waals surface area contributed by atoms with Gasteiger partial charge in [0.2, 0.25) is 5.91 Å². The highest BCUT2D eigenvalue weighted by Crippen LogP contribution is 2.32. The standard InChI is InChI=1S/C19H22N6O2/c1-11-14(12(2)27-24-11)9-17(26)25-8-4-3-5-16(25)15-7-6-13-18(20)21-10-22-19(13)23-15/h6-7,10,16H,3-5,8-9H2,1-2H3,(H2,20,21,22,23)/t16-/m0/s1. The highest BCUT2D eigenvalue weighted by molar-refractivity contribution is 5.85. The largest absolute Gasteiger partial charge is 0.383 e. The van der Waals surface area contributed by atoms with E-state index in [-0.39, 0.29) is 11.9 Å². The fraction of sp³-hybridized carbons (Fsp3) is 0.421. The Morgan fingerprint density at radius 2 is 2.15 bits per heavy atom. The maximum Gasteiger partial charge on any atom is 0.227 e. The van der Waals surface area contributed by atoms with Gasteiger partial charge in [0.25, 0.3) is 0 Å². The molecule has 3 aromatic rings. The summed E-state index contributed by atoms with van der Waals surface area (Å²) in [7, 11) is 0. The van der Waals surface area contributed by atoms with Crippen molar-refractivity contribution in [2.75, 3.05) is 12.3 Å². The van der Waals surface area contributed by atoms with E-state index in [1.807, 2.05) is 30.9 Å². The number of pyridine rings is 1. The van der Waals surface area contributed by atoms with Crippen LogP contribution >= 0.6 is 0 Å². The van der Waals surface area contributed by atoms with Crippen LogP contribution in [-0.4, -0.2) is 37.5 Å². The van der Waals surface area contributed by atoms with E-state index in [4.69, 9.17) is 10.3 Å². The molecule has 1 aliphatic rings. The molecule has 0 saturated carbocycles. The van der Waals surface area contributed by atoms with Crippen molar-refractivity contribution in [1.82, 2.24) is 25.0 Å². The van der Waals surface area contributed by atoms with Crippen LogP contribution in [0, 0.1) is 13.8 Å². The summed E-state index contributed by atoms with van der Waals surface area (Å²) in [6, 6.07) is 3.75. The fourth-order valence-corrected chi connectivity index (χ4v) is 3.71. The number of aryl methyl sites for hydroxylation is 2. The molecule has 0 unspecified atom stereocenters. The third kappa shape index (κ3) is 3.22. The first-order chi connectivity index (χ1) is 13.0. The molecule has 0 spiro atoms. The quantitative estimate of drug-likeness (QED) is 0.758. The van der Waals surface area contributed by atoms with Crippen LogP contribution in [0.4, 0.5) is 5.82 Å². The van der Waals surface area contributed by atoms with Crippen LogP contribution in [0.1, 0.15) is 48.0 Å². The van der Waals surface area contributed by atoms with Crippen molar-refractivity contribution in [2.24, 2.45) is 0 Å². The van der Waals surface area contributed by atoms with Gasteiger partial charge in [-0.15, -0.1) is 0 Å². The van der Waals surface area contributed by atoms with Crippen LogP contribution in [0.3, 0.4) is 0 Å². The third-order valence-corrected chi connectivity index (χ3v) is 5.22. The van der Waals surface area contributed by atoms with Crippen molar-refractivity contribution in [3.05, 3.63) is 41.2 Å². The Kier molecular flexibility index (Phi) is 4.47. The minimum atomic E-state index is -0.0627. The summed E-state index contributed by atoms with van der Waals surface area (Å²) in [5.74, 6) is 1.18. The predicted octanol–water partition coefficient (Wildman–Crippen LogP) is 2.51. The van der Waals surface area contributed by atoms with E-state index in [0.717, 1.165) is 48.1 Å². The zero-order chi connectivity index (χ0) is 19.0. The molecule has 0 radical (unpaired) electrons. The smallest absolute Gasteiger partial charge is 0.227 e. The molecule has 1 atom stereocenters. The third-order valence-electron chi connectivity index (χ3n) is 5.22. The van der Waals surface area contributed by atoms with E-state index < -0.39 is 0 Å². The molecule has 0 aliphatic carbocycles. The number of hydrogen-bond donors (Lipinski definition) is 1. The molecule has 0 bridgehead atoms. The van der Waals surface area contributed by atoms with E-state index in [1.165, 1.54) is 6.33 Å². The number of hydrogen-bond acceptors (Lipinski definition) is 7. The number of nitrogen functional groups attached to an aromatic ring is 1. The predicted molar refractivity (Wildman–Crippen MR) is 99.7 cm³/mol. The molecule has 27 heavy (non-hydrogen) atoms. The lowest BCUT2D eigenvalue weighted by Gasteiger charge is -2.35. The molecular weight excluding hydrogens is 344 g/mol. The summed E-state index contributed by atoms with van der Waals surface area (Å²) in [6.07, 6.45) is 4.64. The fourth-order valence-electron chi connectivity index (χ4n) is 3.71. The SMILES string of the molecule is Cc1noc(C)c1CC(=O)N1CCCC[C@H]1c1ccc2c(N)ncnc2n1. The number of anilines is 1.